The van der Waals surface area contributed by atoms with Gasteiger partial charge in [0, 0.05) is 5.38 Å². The van der Waals surface area contributed by atoms with E-state index in [2.05, 4.69) is 72.9 Å². The second-order valence-electron chi connectivity index (χ2n) is 19.9. The van der Waals surface area contributed by atoms with Crippen LogP contribution in [-0.4, -0.2) is 185 Å². The molecule has 0 spiro atoms. The number of ether oxygens (including phenoxy) is 18. The first-order valence-corrected chi connectivity index (χ1v) is 28.5. The van der Waals surface area contributed by atoms with Crippen molar-refractivity contribution in [3.63, 3.8) is 0 Å². The average Bonchev–Trinajstić information content (AvgIpc) is 4.57. The van der Waals surface area contributed by atoms with E-state index < -0.39 is 116 Å². The second kappa shape index (κ2) is 36.9. The molecule has 0 aromatic heterocycles. The summed E-state index contributed by atoms with van der Waals surface area (Å²) in [5.41, 5.74) is 0. The first-order valence-electron chi connectivity index (χ1n) is 28.0. The topological polar surface area (TPSA) is 371 Å². The van der Waals surface area contributed by atoms with Crippen LogP contribution in [0.4, 0.5) is 33.2 Å². The molecule has 0 amide bonds. The zero-order valence-corrected chi connectivity index (χ0v) is 47.8. The Bertz CT molecular complexity index is 2280. The molecule has 0 radical (unpaired) electrons. The molecule has 6 heterocycles. The molecule has 6 unspecified atom stereocenters. The lowest BCUT2D eigenvalue weighted by atomic mass is 9.96. The van der Waals surface area contributed by atoms with E-state index in [9.17, 15) is 61.9 Å². The van der Waals surface area contributed by atoms with Crippen LogP contribution >= 0.6 is 11.6 Å². The minimum absolute atomic E-state index is 0.00875. The molecule has 0 bridgehead atoms. The van der Waals surface area contributed by atoms with Gasteiger partial charge >= 0.3 is 72.7 Å². The van der Waals surface area contributed by atoms with E-state index in [1.807, 2.05) is 0 Å². The standard InChI is InChI=1S/C11H16O5.C10H13ClO5.C10H13FO5.C10H14O5.C7H8O5.C6H6O5/c12-10(9-7-14-11(13)16-9)15-8-5-3-1-2-4-6-8;2*11-6-1-3-7(4-2-6)15-9(12)8-5-14-10(13)16-8;11-9(8-6-13-10(12)15-8)14-7-4-2-1-3-5-7;1-2-3-10-6(8)5-4-11-7(9)12-5;1-2-9-5(7)4-3-10-6(8)11-4/h8-9H,1-7H2;2*6-8H,1-5H2;7-8H,1-6H2;2-3,5H,4H2,1H3;2,4H,1,3H2/b;;;;3-2+;. The van der Waals surface area contributed by atoms with E-state index in [0.29, 0.717) is 25.7 Å². The average molecular weight is 1250 g/mol. The van der Waals surface area contributed by atoms with Gasteiger partial charge in [0.25, 0.3) is 0 Å². The number of hydrogen-bond donors (Lipinski definition) is 0. The van der Waals surface area contributed by atoms with Gasteiger partial charge in [-0.3, -0.25) is 0 Å². The molecule has 4 aliphatic carbocycles. The van der Waals surface area contributed by atoms with Crippen LogP contribution in [-0.2, 0) is 114 Å². The van der Waals surface area contributed by atoms with Crippen molar-refractivity contribution < 1.29 is 147 Å². The van der Waals surface area contributed by atoms with Crippen molar-refractivity contribution in [2.75, 3.05) is 39.6 Å². The monoisotopic (exact) mass is 1250 g/mol. The number of halogens is 2. The molecular weight excluding hydrogens is 1180 g/mol. The molecular formula is C54H70ClFO30. The first kappa shape index (κ1) is 68.9. The molecule has 10 aliphatic rings. The number of hydrogen-bond acceptors (Lipinski definition) is 30. The highest BCUT2D eigenvalue weighted by Gasteiger charge is 2.39. The van der Waals surface area contributed by atoms with E-state index in [4.69, 9.17) is 30.5 Å². The van der Waals surface area contributed by atoms with Gasteiger partial charge < -0.3 is 85.3 Å². The smallest absolute Gasteiger partial charge is 0.460 e. The Morgan fingerprint density at radius 3 is 0.919 bits per heavy atom. The van der Waals surface area contributed by atoms with Gasteiger partial charge in [-0.25, -0.2) is 61.9 Å². The van der Waals surface area contributed by atoms with Gasteiger partial charge in [-0.1, -0.05) is 31.9 Å². The molecule has 6 saturated heterocycles. The third kappa shape index (κ3) is 25.4. The number of rotatable bonds is 12. The van der Waals surface area contributed by atoms with Gasteiger partial charge in [-0.05, 0) is 110 Å². The van der Waals surface area contributed by atoms with Crippen LogP contribution in [0.1, 0.15) is 129 Å². The zero-order chi connectivity index (χ0) is 62.4. The summed E-state index contributed by atoms with van der Waals surface area (Å²) >= 11 is 5.93. The third-order valence-electron chi connectivity index (χ3n) is 13.3. The van der Waals surface area contributed by atoms with Crippen LogP contribution in [0.25, 0.3) is 0 Å². The van der Waals surface area contributed by atoms with Crippen LogP contribution in [0, 0.1) is 0 Å². The summed E-state index contributed by atoms with van der Waals surface area (Å²) in [5, 5.41) is 0.183. The molecule has 4 saturated carbocycles. The summed E-state index contributed by atoms with van der Waals surface area (Å²) in [6.45, 7) is 4.50. The summed E-state index contributed by atoms with van der Waals surface area (Å²) in [7, 11) is 0. The van der Waals surface area contributed by atoms with Crippen LogP contribution in [0.5, 0.6) is 0 Å². The van der Waals surface area contributed by atoms with E-state index >= 15 is 0 Å². The van der Waals surface area contributed by atoms with Gasteiger partial charge in [0.15, 0.2) is 0 Å². The molecule has 30 nitrogen and oxygen atoms in total. The maximum atomic E-state index is 12.8. The minimum atomic E-state index is -0.962. The molecule has 10 fully saturated rings. The highest BCUT2D eigenvalue weighted by molar-refractivity contribution is 6.20. The lowest BCUT2D eigenvalue weighted by Gasteiger charge is -2.25. The van der Waals surface area contributed by atoms with E-state index in [1.54, 1.807) is 13.0 Å². The normalized spacial score (nSPS) is 28.2. The van der Waals surface area contributed by atoms with Crippen LogP contribution in [0.3, 0.4) is 0 Å². The minimum Gasteiger partial charge on any atom is -0.460 e. The lowest BCUT2D eigenvalue weighted by molar-refractivity contribution is -0.160. The Balaban J connectivity index is 0.000000189. The fraction of sp³-hybridized carbons (Fsp3) is 0.704. The predicted octanol–water partition coefficient (Wildman–Crippen LogP) is 6.95. The molecule has 32 heteroatoms. The number of cyclic esters (lactones) is 12. The molecule has 86 heavy (non-hydrogen) atoms. The summed E-state index contributed by atoms with van der Waals surface area (Å²) in [6.07, 6.45) is 8.89. The highest BCUT2D eigenvalue weighted by atomic mass is 35.5. The molecule has 6 atom stereocenters. The van der Waals surface area contributed by atoms with Crippen molar-refractivity contribution in [1.29, 1.82) is 0 Å². The van der Waals surface area contributed by atoms with Gasteiger partial charge in [0.2, 0.25) is 36.6 Å². The van der Waals surface area contributed by atoms with Gasteiger partial charge in [-0.2, -0.15) is 0 Å². The van der Waals surface area contributed by atoms with Crippen molar-refractivity contribution >= 4 is 84.3 Å². The first-order chi connectivity index (χ1) is 41.3. The van der Waals surface area contributed by atoms with E-state index in [0.717, 1.165) is 83.3 Å². The van der Waals surface area contributed by atoms with Crippen molar-refractivity contribution in [2.24, 2.45) is 0 Å². The summed E-state index contributed by atoms with van der Waals surface area (Å²) < 4.78 is 96.6. The number of esters is 6. The molecule has 0 aromatic rings. The Labute approximate surface area is 496 Å². The Morgan fingerprint density at radius 2 is 0.651 bits per heavy atom. The van der Waals surface area contributed by atoms with Crippen molar-refractivity contribution in [3.05, 3.63) is 25.2 Å². The quantitative estimate of drug-likeness (QED) is 0.0626. The fourth-order valence-corrected chi connectivity index (χ4v) is 9.07. The summed E-state index contributed by atoms with van der Waals surface area (Å²) in [4.78, 5) is 131. The third-order valence-corrected chi connectivity index (χ3v) is 13.8. The van der Waals surface area contributed by atoms with Crippen LogP contribution < -0.4 is 0 Å². The van der Waals surface area contributed by atoms with Crippen LogP contribution in [0.15, 0.2) is 25.2 Å². The zero-order valence-electron chi connectivity index (χ0n) is 47.0. The lowest BCUT2D eigenvalue weighted by Crippen LogP contribution is -2.32. The molecule has 480 valence electrons. The van der Waals surface area contributed by atoms with Crippen LogP contribution in [0.2, 0.25) is 0 Å². The number of allylic oxidation sites excluding steroid dienone is 1. The second-order valence-corrected chi connectivity index (χ2v) is 20.5. The molecule has 6 aliphatic heterocycles. The summed E-state index contributed by atoms with van der Waals surface area (Å²) in [6, 6.07) is 0. The van der Waals surface area contributed by atoms with Gasteiger partial charge in [0.05, 0.1) is 12.5 Å². The number of carbonyl (C=O) groups excluding carboxylic acids is 12. The SMILES string of the molecule is C/C=C/OC(=O)C1COC(=O)O1.C=COC(=O)C1COC(=O)O1.O=C1OCC(C(=O)OC2CCC(Cl)CC2)O1.O=C1OCC(C(=O)OC2CCC(F)CC2)O1.O=C1OCC(C(=O)OC2CCCCC2)O1.O=C1OCC(C(=O)OC2CCCCCC2)O1. The van der Waals surface area contributed by atoms with E-state index in [-0.39, 0.29) is 69.4 Å². The number of alkyl halides is 2. The van der Waals surface area contributed by atoms with E-state index in [1.165, 1.54) is 25.5 Å². The maximum absolute atomic E-state index is 12.8. The maximum Gasteiger partial charge on any atom is 0.509 e. The van der Waals surface area contributed by atoms with Crippen molar-refractivity contribution in [3.8, 4) is 0 Å². The molecule has 0 aromatic carbocycles. The summed E-state index contributed by atoms with van der Waals surface area (Å²) in [5.74, 6) is -3.38. The number of carbonyl (C=O) groups is 12. The predicted molar refractivity (Wildman–Crippen MR) is 276 cm³/mol. The Kier molecular flexibility index (Phi) is 29.5. The van der Waals surface area contributed by atoms with Crippen molar-refractivity contribution in [2.45, 2.75) is 202 Å². The fourth-order valence-electron chi connectivity index (χ4n) is 8.82. The van der Waals surface area contributed by atoms with Gasteiger partial charge in [-0.15, -0.1) is 11.6 Å². The van der Waals surface area contributed by atoms with Crippen molar-refractivity contribution in [1.82, 2.24) is 0 Å². The molecule has 10 rings (SSSR count). The van der Waals surface area contributed by atoms with Gasteiger partial charge in [0.1, 0.15) is 70.2 Å². The Morgan fingerprint density at radius 1 is 0.395 bits per heavy atom. The largest absolute Gasteiger partial charge is 0.509 e. The Hall–Kier alpha value is -7.86. The molecule has 0 N–H and O–H groups in total. The highest BCUT2D eigenvalue weighted by Crippen LogP contribution is 2.28.